The molecular formula is C19H11BrF7N3O3. The Morgan fingerprint density at radius 1 is 1.12 bits per heavy atom. The van der Waals surface area contributed by atoms with E-state index in [1.807, 2.05) is 0 Å². The topological polar surface area (TPSA) is 110 Å². The van der Waals surface area contributed by atoms with E-state index in [0.717, 1.165) is 12.1 Å². The van der Waals surface area contributed by atoms with Crippen molar-refractivity contribution >= 4 is 27.5 Å². The van der Waals surface area contributed by atoms with Crippen molar-refractivity contribution in [2.24, 2.45) is 5.73 Å². The highest BCUT2D eigenvalue weighted by atomic mass is 79.9. The highest BCUT2D eigenvalue weighted by Crippen LogP contribution is 2.55. The van der Waals surface area contributed by atoms with Gasteiger partial charge in [0.15, 0.2) is 0 Å². The molecule has 33 heavy (non-hydrogen) atoms. The number of aryl methyl sites for hydroxylation is 1. The van der Waals surface area contributed by atoms with Crippen molar-refractivity contribution in [2.45, 2.75) is 31.4 Å². The van der Waals surface area contributed by atoms with Crippen LogP contribution in [0, 0.1) is 21.4 Å². The van der Waals surface area contributed by atoms with Gasteiger partial charge in [0, 0.05) is 15.6 Å². The Hall–Kier alpha value is -3.21. The second kappa shape index (κ2) is 8.62. The predicted octanol–water partition coefficient (Wildman–Crippen LogP) is 5.85. The molecule has 0 bridgehead atoms. The summed E-state index contributed by atoms with van der Waals surface area (Å²) in [5.41, 5.74) is -5.75. The fourth-order valence-electron chi connectivity index (χ4n) is 3.24. The monoisotopic (exact) mass is 541 g/mol. The van der Waals surface area contributed by atoms with E-state index in [0.29, 0.717) is 0 Å². The second-order valence-electron chi connectivity index (χ2n) is 6.62. The molecule has 0 aliphatic heterocycles. The van der Waals surface area contributed by atoms with E-state index < -0.39 is 66.8 Å². The molecule has 176 valence electrons. The molecule has 1 amide bonds. The normalized spacial score (nSPS) is 12.4. The number of nitrogens with zero attached hydrogens (tertiary/aromatic N) is 2. The van der Waals surface area contributed by atoms with Crippen LogP contribution in [0.2, 0.25) is 0 Å². The van der Waals surface area contributed by atoms with E-state index in [2.05, 4.69) is 15.9 Å². The number of carbonyl (C=O) groups excluding carboxylic acids is 1. The standard InChI is InChI=1S/C19H11BrF7N3O3/c1-2-8-5-10(17(21,18(22,23)24)19(25,26)27)6-12(20)13(8)14-11(16(29)31)4-3-9(7-28)15(14)30(32)33/h3-6H,2H2,1H3,(H2,29,31). The summed E-state index contributed by atoms with van der Waals surface area (Å²) in [6.07, 6.45) is -13.1. The second-order valence-corrected chi connectivity index (χ2v) is 7.47. The third-order valence-corrected chi connectivity index (χ3v) is 5.35. The zero-order valence-corrected chi connectivity index (χ0v) is 17.8. The number of primary amides is 1. The molecular weight excluding hydrogens is 531 g/mol. The number of rotatable bonds is 5. The van der Waals surface area contributed by atoms with Gasteiger partial charge in [0.05, 0.1) is 16.1 Å². The zero-order chi connectivity index (χ0) is 25.5. The van der Waals surface area contributed by atoms with E-state index in [4.69, 9.17) is 5.73 Å². The number of alkyl halides is 7. The highest BCUT2D eigenvalue weighted by Gasteiger charge is 2.73. The summed E-state index contributed by atoms with van der Waals surface area (Å²) >= 11 is 2.76. The Balaban J connectivity index is 3.08. The summed E-state index contributed by atoms with van der Waals surface area (Å²) in [5.74, 6) is -1.22. The fourth-order valence-corrected chi connectivity index (χ4v) is 3.94. The third-order valence-electron chi connectivity index (χ3n) is 4.73. The number of benzene rings is 2. The molecule has 0 saturated heterocycles. The number of nitro benzene ring substituents is 1. The first-order valence-electron chi connectivity index (χ1n) is 8.69. The molecule has 14 heteroatoms. The molecule has 2 N–H and O–H groups in total. The van der Waals surface area contributed by atoms with Crippen LogP contribution < -0.4 is 5.73 Å². The molecule has 0 atom stereocenters. The van der Waals surface area contributed by atoms with Gasteiger partial charge in [0.1, 0.15) is 11.6 Å². The van der Waals surface area contributed by atoms with Gasteiger partial charge in [-0.05, 0) is 30.2 Å². The van der Waals surface area contributed by atoms with E-state index in [1.54, 1.807) is 0 Å². The van der Waals surface area contributed by atoms with E-state index >= 15 is 0 Å². The number of nitro groups is 1. The number of nitrogens with two attached hydrogens (primary N) is 1. The molecule has 6 nitrogen and oxygen atoms in total. The van der Waals surface area contributed by atoms with Crippen molar-refractivity contribution in [1.82, 2.24) is 0 Å². The van der Waals surface area contributed by atoms with E-state index in [-0.39, 0.29) is 24.1 Å². The van der Waals surface area contributed by atoms with Crippen molar-refractivity contribution < 1.29 is 40.5 Å². The summed E-state index contributed by atoms with van der Waals surface area (Å²) in [7, 11) is 0. The first-order valence-corrected chi connectivity index (χ1v) is 9.49. The van der Waals surface area contributed by atoms with Crippen LogP contribution in [0.3, 0.4) is 0 Å². The van der Waals surface area contributed by atoms with Gasteiger partial charge in [-0.3, -0.25) is 14.9 Å². The Labute approximate surface area is 189 Å². The molecule has 0 aliphatic rings. The van der Waals surface area contributed by atoms with Crippen LogP contribution in [-0.2, 0) is 12.1 Å². The summed E-state index contributed by atoms with van der Waals surface area (Å²) in [6.45, 7) is 1.28. The van der Waals surface area contributed by atoms with Crippen molar-refractivity contribution in [3.8, 4) is 17.2 Å². The molecule has 0 unspecified atom stereocenters. The van der Waals surface area contributed by atoms with E-state index in [9.17, 15) is 50.9 Å². The molecule has 0 saturated carbocycles. The van der Waals surface area contributed by atoms with E-state index in [1.165, 1.54) is 13.0 Å². The molecule has 0 spiro atoms. The Bertz CT molecular complexity index is 1170. The maximum absolute atomic E-state index is 14.6. The minimum Gasteiger partial charge on any atom is -0.366 e. The third kappa shape index (κ3) is 4.24. The number of hydrogen-bond acceptors (Lipinski definition) is 4. The van der Waals surface area contributed by atoms with Gasteiger partial charge in [-0.1, -0.05) is 28.9 Å². The first-order chi connectivity index (χ1) is 15.0. The summed E-state index contributed by atoms with van der Waals surface area (Å²) in [6, 6.07) is 3.81. The van der Waals surface area contributed by atoms with Crippen LogP contribution in [0.5, 0.6) is 0 Å². The largest absolute Gasteiger partial charge is 0.435 e. The maximum Gasteiger partial charge on any atom is 0.435 e. The van der Waals surface area contributed by atoms with Gasteiger partial charge in [-0.25, -0.2) is 4.39 Å². The minimum absolute atomic E-state index is 0.170. The molecule has 2 aromatic carbocycles. The lowest BCUT2D eigenvalue weighted by Crippen LogP contribution is -2.50. The van der Waals surface area contributed by atoms with Gasteiger partial charge in [0.2, 0.25) is 5.91 Å². The van der Waals surface area contributed by atoms with Crippen molar-refractivity contribution in [2.75, 3.05) is 0 Å². The number of amides is 1. The van der Waals surface area contributed by atoms with Gasteiger partial charge in [0.25, 0.3) is 5.69 Å². The molecule has 0 radical (unpaired) electrons. The van der Waals surface area contributed by atoms with Crippen LogP contribution in [0.25, 0.3) is 11.1 Å². The van der Waals surface area contributed by atoms with Gasteiger partial charge in [-0.2, -0.15) is 31.6 Å². The molecule has 2 rings (SSSR count). The molecule has 0 heterocycles. The summed E-state index contributed by atoms with van der Waals surface area (Å²) in [4.78, 5) is 22.5. The SMILES string of the molecule is CCc1cc(C(F)(C(F)(F)F)C(F)(F)F)cc(Br)c1-c1c(C(N)=O)ccc(C#N)c1[N+](=O)[O-]. The molecule has 2 aromatic rings. The van der Waals surface area contributed by atoms with Crippen molar-refractivity contribution in [3.63, 3.8) is 0 Å². The smallest absolute Gasteiger partial charge is 0.366 e. The molecule has 0 aromatic heterocycles. The number of nitriles is 1. The van der Waals surface area contributed by atoms with Crippen LogP contribution in [0.1, 0.15) is 34.0 Å². The van der Waals surface area contributed by atoms with Crippen molar-refractivity contribution in [3.05, 3.63) is 61.1 Å². The fraction of sp³-hybridized carbons (Fsp3) is 0.263. The Kier molecular flexibility index (Phi) is 6.80. The van der Waals surface area contributed by atoms with Crippen LogP contribution in [0.15, 0.2) is 28.7 Å². The van der Waals surface area contributed by atoms with Gasteiger partial charge < -0.3 is 5.73 Å². The van der Waals surface area contributed by atoms with Crippen LogP contribution in [-0.4, -0.2) is 23.2 Å². The Morgan fingerprint density at radius 2 is 1.67 bits per heavy atom. The minimum atomic E-state index is -6.39. The lowest BCUT2D eigenvalue weighted by atomic mass is 9.86. The Morgan fingerprint density at radius 3 is 2.06 bits per heavy atom. The first kappa shape index (κ1) is 26.0. The number of hydrogen-bond donors (Lipinski definition) is 1. The average Bonchev–Trinajstić information content (AvgIpc) is 2.69. The number of halogens is 8. The van der Waals surface area contributed by atoms with Crippen molar-refractivity contribution in [1.29, 1.82) is 5.26 Å². The number of carbonyl (C=O) groups is 1. The lowest BCUT2D eigenvalue weighted by Gasteiger charge is -2.31. The quantitative estimate of drug-likeness (QED) is 0.291. The lowest BCUT2D eigenvalue weighted by molar-refractivity contribution is -0.384. The van der Waals surface area contributed by atoms with Crippen LogP contribution in [0.4, 0.5) is 36.4 Å². The highest BCUT2D eigenvalue weighted by molar-refractivity contribution is 9.10. The van der Waals surface area contributed by atoms with Crippen LogP contribution >= 0.6 is 15.9 Å². The summed E-state index contributed by atoms with van der Waals surface area (Å²) in [5, 5.41) is 20.9. The maximum atomic E-state index is 14.6. The zero-order valence-electron chi connectivity index (χ0n) is 16.2. The molecule has 0 fully saturated rings. The van der Waals surface area contributed by atoms with Gasteiger partial charge in [-0.15, -0.1) is 0 Å². The predicted molar refractivity (Wildman–Crippen MR) is 104 cm³/mol. The van der Waals surface area contributed by atoms with Gasteiger partial charge >= 0.3 is 18.0 Å². The molecule has 0 aliphatic carbocycles. The summed E-state index contributed by atoms with van der Waals surface area (Å²) < 4.78 is 93.3. The average molecular weight is 542 g/mol.